The Bertz CT molecular complexity index is 1230. The first-order valence-electron chi connectivity index (χ1n) is 9.54. The maximum Gasteiger partial charge on any atom is 0.255 e. The minimum atomic E-state index is -0.280. The Morgan fingerprint density at radius 2 is 1.55 bits per heavy atom. The van der Waals surface area contributed by atoms with Crippen molar-refractivity contribution in [3.05, 3.63) is 106 Å². The Kier molecular flexibility index (Phi) is 5.00. The van der Waals surface area contributed by atoms with Gasteiger partial charge in [-0.2, -0.15) is 0 Å². The molecule has 0 saturated heterocycles. The van der Waals surface area contributed by atoms with E-state index in [0.29, 0.717) is 27.9 Å². The maximum atomic E-state index is 13.0. The van der Waals surface area contributed by atoms with Gasteiger partial charge in [-0.15, -0.1) is 0 Å². The van der Waals surface area contributed by atoms with E-state index >= 15 is 0 Å². The molecule has 0 radical (unpaired) electrons. The number of hydrogen-bond donors (Lipinski definition) is 1. The normalized spacial score (nSPS) is 11.9. The fraction of sp³-hybridized carbons (Fsp3) is 0.120. The van der Waals surface area contributed by atoms with Crippen LogP contribution in [0.1, 0.15) is 34.5 Å². The molecule has 1 unspecified atom stereocenters. The highest BCUT2D eigenvalue weighted by molar-refractivity contribution is 6.05. The molecule has 0 saturated carbocycles. The van der Waals surface area contributed by atoms with E-state index in [1.165, 1.54) is 0 Å². The lowest BCUT2D eigenvalue weighted by molar-refractivity contribution is 0.0940. The maximum absolute atomic E-state index is 13.0. The van der Waals surface area contributed by atoms with Gasteiger partial charge in [-0.3, -0.25) is 9.59 Å². The van der Waals surface area contributed by atoms with Crippen LogP contribution in [-0.2, 0) is 0 Å². The lowest BCUT2D eigenvalue weighted by Gasteiger charge is -2.15. The number of benzene rings is 3. The van der Waals surface area contributed by atoms with Gasteiger partial charge in [-0.05, 0) is 31.5 Å². The lowest BCUT2D eigenvalue weighted by Crippen LogP contribution is -2.27. The molecule has 0 aliphatic rings. The van der Waals surface area contributed by atoms with Gasteiger partial charge in [0, 0.05) is 11.1 Å². The summed E-state index contributed by atoms with van der Waals surface area (Å²) in [6, 6.07) is 24.1. The van der Waals surface area contributed by atoms with Crippen LogP contribution in [0.5, 0.6) is 0 Å². The van der Waals surface area contributed by atoms with E-state index in [1.54, 1.807) is 25.1 Å². The summed E-state index contributed by atoms with van der Waals surface area (Å²) in [5, 5.41) is 3.40. The number of para-hydroxylation sites is 1. The molecule has 1 amide bonds. The smallest absolute Gasteiger partial charge is 0.255 e. The number of nitrogens with one attached hydrogen (secondary N) is 1. The fourth-order valence-corrected chi connectivity index (χ4v) is 3.45. The molecule has 3 aromatic carbocycles. The molecule has 4 aromatic rings. The molecule has 0 bridgehead atoms. The lowest BCUT2D eigenvalue weighted by atomic mass is 10.0. The topological polar surface area (TPSA) is 59.3 Å². The van der Waals surface area contributed by atoms with Gasteiger partial charge in [0.25, 0.3) is 5.91 Å². The van der Waals surface area contributed by atoms with E-state index < -0.39 is 0 Å². The van der Waals surface area contributed by atoms with Gasteiger partial charge in [0.2, 0.25) is 0 Å². The number of rotatable bonds is 4. The summed E-state index contributed by atoms with van der Waals surface area (Å²) in [6.07, 6.45) is 0. The summed E-state index contributed by atoms with van der Waals surface area (Å²) in [7, 11) is 0. The van der Waals surface area contributed by atoms with Crippen molar-refractivity contribution in [3.63, 3.8) is 0 Å². The first-order valence-corrected chi connectivity index (χ1v) is 9.54. The van der Waals surface area contributed by atoms with E-state index in [9.17, 15) is 9.59 Å². The summed E-state index contributed by atoms with van der Waals surface area (Å²) in [6.45, 7) is 3.67. The van der Waals surface area contributed by atoms with Crippen molar-refractivity contribution < 1.29 is 9.21 Å². The summed E-state index contributed by atoms with van der Waals surface area (Å²) >= 11 is 0. The highest BCUT2D eigenvalue weighted by Gasteiger charge is 2.19. The minimum absolute atomic E-state index is 0.129. The number of carbonyl (C=O) groups excluding carboxylic acids is 1. The molecular formula is C25H21NO3. The third-order valence-electron chi connectivity index (χ3n) is 5.07. The third kappa shape index (κ3) is 3.57. The Balaban J connectivity index is 1.80. The van der Waals surface area contributed by atoms with Gasteiger partial charge >= 0.3 is 0 Å². The zero-order valence-corrected chi connectivity index (χ0v) is 16.3. The van der Waals surface area contributed by atoms with E-state index in [-0.39, 0.29) is 17.4 Å². The predicted octanol–water partition coefficient (Wildman–Crippen LogP) is 5.26. The Labute approximate surface area is 168 Å². The summed E-state index contributed by atoms with van der Waals surface area (Å²) in [5.74, 6) is 0.206. The van der Waals surface area contributed by atoms with Crippen LogP contribution in [0.25, 0.3) is 22.3 Å². The number of fused-ring (bicyclic) bond motifs is 1. The molecule has 0 spiro atoms. The Morgan fingerprint density at radius 3 is 2.24 bits per heavy atom. The van der Waals surface area contributed by atoms with Crippen molar-refractivity contribution in [2.45, 2.75) is 19.9 Å². The second kappa shape index (κ2) is 7.76. The zero-order valence-electron chi connectivity index (χ0n) is 16.3. The van der Waals surface area contributed by atoms with Crippen molar-refractivity contribution in [2.24, 2.45) is 0 Å². The molecule has 0 aliphatic carbocycles. The molecular weight excluding hydrogens is 362 g/mol. The average molecular weight is 383 g/mol. The van der Waals surface area contributed by atoms with Gasteiger partial charge in [-0.1, -0.05) is 66.7 Å². The van der Waals surface area contributed by atoms with Gasteiger partial charge in [0.1, 0.15) is 5.76 Å². The van der Waals surface area contributed by atoms with E-state index in [2.05, 4.69) is 5.32 Å². The molecule has 144 valence electrons. The molecule has 4 rings (SSSR count). The van der Waals surface area contributed by atoms with Crippen LogP contribution in [0.3, 0.4) is 0 Å². The summed E-state index contributed by atoms with van der Waals surface area (Å²) in [4.78, 5) is 26.0. The van der Waals surface area contributed by atoms with Crippen molar-refractivity contribution in [1.82, 2.24) is 5.32 Å². The van der Waals surface area contributed by atoms with Crippen LogP contribution in [0, 0.1) is 6.92 Å². The highest BCUT2D eigenvalue weighted by atomic mass is 16.3. The van der Waals surface area contributed by atoms with Crippen molar-refractivity contribution in [3.8, 4) is 11.3 Å². The SMILES string of the molecule is Cc1c(-c2ccccc2)oc2c(C(=O)NC(C)c3ccccc3)cccc2c1=O. The van der Waals surface area contributed by atoms with Gasteiger partial charge < -0.3 is 9.73 Å². The number of carbonyl (C=O) groups is 1. The predicted molar refractivity (Wildman–Crippen MR) is 115 cm³/mol. The van der Waals surface area contributed by atoms with Crippen LogP contribution < -0.4 is 10.7 Å². The van der Waals surface area contributed by atoms with Crippen molar-refractivity contribution in [2.75, 3.05) is 0 Å². The standard InChI is InChI=1S/C25H21NO3/c1-16-22(27)20-14-9-15-21(24(20)29-23(16)19-12-7-4-8-13-19)25(28)26-17(2)18-10-5-3-6-11-18/h3-15,17H,1-2H3,(H,26,28). The zero-order chi connectivity index (χ0) is 20.4. The summed E-state index contributed by atoms with van der Waals surface area (Å²) < 4.78 is 6.14. The van der Waals surface area contributed by atoms with Gasteiger partial charge in [0.15, 0.2) is 11.0 Å². The average Bonchev–Trinajstić information content (AvgIpc) is 2.77. The van der Waals surface area contributed by atoms with E-state index in [4.69, 9.17) is 4.42 Å². The van der Waals surface area contributed by atoms with Crippen LogP contribution in [0.15, 0.2) is 88.1 Å². The molecule has 1 aromatic heterocycles. The van der Waals surface area contributed by atoms with Gasteiger partial charge in [0.05, 0.1) is 17.0 Å². The Hall–Kier alpha value is -3.66. The molecule has 1 atom stereocenters. The molecule has 1 heterocycles. The molecule has 29 heavy (non-hydrogen) atoms. The molecule has 4 nitrogen and oxygen atoms in total. The second-order valence-electron chi connectivity index (χ2n) is 7.04. The van der Waals surface area contributed by atoms with Gasteiger partial charge in [-0.25, -0.2) is 0 Å². The number of hydrogen-bond acceptors (Lipinski definition) is 3. The Morgan fingerprint density at radius 1 is 0.897 bits per heavy atom. The molecule has 0 fully saturated rings. The second-order valence-corrected chi connectivity index (χ2v) is 7.04. The first-order chi connectivity index (χ1) is 14.1. The van der Waals surface area contributed by atoms with Crippen LogP contribution in [0.2, 0.25) is 0 Å². The molecule has 4 heteroatoms. The third-order valence-corrected chi connectivity index (χ3v) is 5.07. The van der Waals surface area contributed by atoms with Crippen LogP contribution >= 0.6 is 0 Å². The molecule has 1 N–H and O–H groups in total. The van der Waals surface area contributed by atoms with Crippen LogP contribution in [-0.4, -0.2) is 5.91 Å². The van der Waals surface area contributed by atoms with E-state index in [0.717, 1.165) is 11.1 Å². The number of amides is 1. The van der Waals surface area contributed by atoms with E-state index in [1.807, 2.05) is 67.6 Å². The fourth-order valence-electron chi connectivity index (χ4n) is 3.45. The molecule has 0 aliphatic heterocycles. The largest absolute Gasteiger partial charge is 0.455 e. The summed E-state index contributed by atoms with van der Waals surface area (Å²) in [5.41, 5.74) is 2.86. The quantitative estimate of drug-likeness (QED) is 0.523. The van der Waals surface area contributed by atoms with Crippen LogP contribution in [0.4, 0.5) is 0 Å². The van der Waals surface area contributed by atoms with Crippen molar-refractivity contribution >= 4 is 16.9 Å². The monoisotopic (exact) mass is 383 g/mol. The van der Waals surface area contributed by atoms with Crippen molar-refractivity contribution in [1.29, 1.82) is 0 Å². The highest BCUT2D eigenvalue weighted by Crippen LogP contribution is 2.27. The minimum Gasteiger partial charge on any atom is -0.455 e. The first kappa shape index (κ1) is 18.7.